The maximum Gasteiger partial charge on any atom is 0.0297 e. The van der Waals surface area contributed by atoms with Crippen LogP contribution in [0.1, 0.15) is 48.4 Å². The molecule has 1 aliphatic carbocycles. The fraction of sp³-hybridized carbons (Fsp3) is 0.500. The van der Waals surface area contributed by atoms with Crippen LogP contribution in [0.4, 0.5) is 0 Å². The molecule has 0 aromatic heterocycles. The molecule has 1 heteroatoms. The number of aryl methyl sites for hydroxylation is 1. The fourth-order valence-corrected chi connectivity index (χ4v) is 2.20. The van der Waals surface area contributed by atoms with Gasteiger partial charge in [-0.05, 0) is 36.8 Å². The molecule has 70 valence electrons. The Morgan fingerprint density at radius 1 is 1.23 bits per heavy atom. The van der Waals surface area contributed by atoms with E-state index < -0.39 is 0 Å². The standard InChI is InChI=1S/C12H17N/c1-8-3-5-10-11(7-8)9(2)4-6-12(10)13/h3,5,7,9,12H,4,6,13H2,1-2H3. The van der Waals surface area contributed by atoms with Crippen molar-refractivity contribution in [3.63, 3.8) is 0 Å². The minimum atomic E-state index is 0.270. The number of fused-ring (bicyclic) bond motifs is 1. The zero-order valence-corrected chi connectivity index (χ0v) is 8.38. The zero-order chi connectivity index (χ0) is 9.42. The topological polar surface area (TPSA) is 26.0 Å². The van der Waals surface area contributed by atoms with Crippen LogP contribution in [0.5, 0.6) is 0 Å². The first-order chi connectivity index (χ1) is 6.18. The lowest BCUT2D eigenvalue weighted by Gasteiger charge is -2.27. The summed E-state index contributed by atoms with van der Waals surface area (Å²) in [4.78, 5) is 0. The van der Waals surface area contributed by atoms with Crippen LogP contribution in [-0.2, 0) is 0 Å². The van der Waals surface area contributed by atoms with Gasteiger partial charge >= 0.3 is 0 Å². The van der Waals surface area contributed by atoms with Crippen molar-refractivity contribution in [1.29, 1.82) is 0 Å². The van der Waals surface area contributed by atoms with Crippen LogP contribution in [0.25, 0.3) is 0 Å². The quantitative estimate of drug-likeness (QED) is 0.644. The molecule has 0 aliphatic heterocycles. The second-order valence-electron chi connectivity index (χ2n) is 4.22. The molecule has 0 spiro atoms. The SMILES string of the molecule is Cc1ccc2c(c1)C(C)CCC2N. The van der Waals surface area contributed by atoms with E-state index in [4.69, 9.17) is 5.73 Å². The Hall–Kier alpha value is -0.820. The highest BCUT2D eigenvalue weighted by atomic mass is 14.6. The van der Waals surface area contributed by atoms with E-state index in [1.54, 1.807) is 0 Å². The molecule has 0 saturated heterocycles. The van der Waals surface area contributed by atoms with Crippen LogP contribution in [-0.4, -0.2) is 0 Å². The summed E-state index contributed by atoms with van der Waals surface area (Å²) in [6, 6.07) is 6.92. The molecular formula is C12H17N. The molecule has 2 unspecified atom stereocenters. The van der Waals surface area contributed by atoms with Crippen LogP contribution in [0.3, 0.4) is 0 Å². The van der Waals surface area contributed by atoms with Crippen molar-refractivity contribution in [2.24, 2.45) is 5.73 Å². The number of benzene rings is 1. The molecular weight excluding hydrogens is 158 g/mol. The van der Waals surface area contributed by atoms with E-state index in [0.717, 1.165) is 6.42 Å². The van der Waals surface area contributed by atoms with E-state index in [2.05, 4.69) is 32.0 Å². The maximum atomic E-state index is 6.06. The lowest BCUT2D eigenvalue weighted by molar-refractivity contribution is 0.513. The van der Waals surface area contributed by atoms with Gasteiger partial charge in [0.2, 0.25) is 0 Å². The molecule has 1 nitrogen and oxygen atoms in total. The summed E-state index contributed by atoms with van der Waals surface area (Å²) < 4.78 is 0. The van der Waals surface area contributed by atoms with Crippen LogP contribution in [0, 0.1) is 6.92 Å². The lowest BCUT2D eigenvalue weighted by atomic mass is 9.81. The Labute approximate surface area is 80.0 Å². The van der Waals surface area contributed by atoms with Gasteiger partial charge in [-0.15, -0.1) is 0 Å². The lowest BCUT2D eigenvalue weighted by Crippen LogP contribution is -2.19. The predicted octanol–water partition coefficient (Wildman–Crippen LogP) is 2.89. The molecule has 2 atom stereocenters. The molecule has 13 heavy (non-hydrogen) atoms. The third kappa shape index (κ3) is 1.49. The zero-order valence-electron chi connectivity index (χ0n) is 8.38. The Morgan fingerprint density at radius 3 is 2.77 bits per heavy atom. The van der Waals surface area contributed by atoms with Gasteiger partial charge in [0.1, 0.15) is 0 Å². The van der Waals surface area contributed by atoms with Crippen molar-refractivity contribution in [1.82, 2.24) is 0 Å². The summed E-state index contributed by atoms with van der Waals surface area (Å²) in [6.07, 6.45) is 2.37. The van der Waals surface area contributed by atoms with Crippen LogP contribution in [0.15, 0.2) is 18.2 Å². The second kappa shape index (κ2) is 3.15. The average Bonchev–Trinajstić information content (AvgIpc) is 2.12. The van der Waals surface area contributed by atoms with Crippen molar-refractivity contribution < 1.29 is 0 Å². The Morgan fingerprint density at radius 2 is 2.00 bits per heavy atom. The second-order valence-corrected chi connectivity index (χ2v) is 4.22. The van der Waals surface area contributed by atoms with Gasteiger partial charge in [-0.25, -0.2) is 0 Å². The average molecular weight is 175 g/mol. The molecule has 1 aromatic rings. The van der Waals surface area contributed by atoms with Gasteiger partial charge in [0.25, 0.3) is 0 Å². The molecule has 0 bridgehead atoms. The van der Waals surface area contributed by atoms with Crippen molar-refractivity contribution in [3.8, 4) is 0 Å². The van der Waals surface area contributed by atoms with E-state index in [0.29, 0.717) is 5.92 Å². The summed E-state index contributed by atoms with van der Waals surface area (Å²) in [5.41, 5.74) is 10.2. The van der Waals surface area contributed by atoms with Gasteiger partial charge in [0, 0.05) is 6.04 Å². The minimum Gasteiger partial charge on any atom is -0.324 e. The molecule has 0 radical (unpaired) electrons. The third-order valence-corrected chi connectivity index (χ3v) is 3.08. The highest BCUT2D eigenvalue weighted by molar-refractivity contribution is 5.37. The summed E-state index contributed by atoms with van der Waals surface area (Å²) >= 11 is 0. The van der Waals surface area contributed by atoms with E-state index in [1.807, 2.05) is 0 Å². The summed E-state index contributed by atoms with van der Waals surface area (Å²) in [5, 5.41) is 0. The molecule has 1 aliphatic rings. The number of nitrogens with two attached hydrogens (primary N) is 1. The van der Waals surface area contributed by atoms with Crippen LogP contribution in [0.2, 0.25) is 0 Å². The highest BCUT2D eigenvalue weighted by Crippen LogP contribution is 2.36. The van der Waals surface area contributed by atoms with Crippen molar-refractivity contribution in [3.05, 3.63) is 34.9 Å². The molecule has 0 amide bonds. The Balaban J connectivity index is 2.50. The normalized spacial score (nSPS) is 27.0. The highest BCUT2D eigenvalue weighted by Gasteiger charge is 2.21. The predicted molar refractivity (Wildman–Crippen MR) is 55.8 cm³/mol. The van der Waals surface area contributed by atoms with E-state index in [9.17, 15) is 0 Å². The molecule has 0 fully saturated rings. The van der Waals surface area contributed by atoms with E-state index >= 15 is 0 Å². The van der Waals surface area contributed by atoms with Gasteiger partial charge in [-0.2, -0.15) is 0 Å². The first-order valence-corrected chi connectivity index (χ1v) is 5.04. The van der Waals surface area contributed by atoms with Gasteiger partial charge in [0.05, 0.1) is 0 Å². The first-order valence-electron chi connectivity index (χ1n) is 5.04. The smallest absolute Gasteiger partial charge is 0.0297 e. The molecule has 1 aromatic carbocycles. The Bertz CT molecular complexity index is 317. The van der Waals surface area contributed by atoms with Gasteiger partial charge in [-0.1, -0.05) is 30.7 Å². The first kappa shape index (κ1) is 8.76. The number of hydrogen-bond donors (Lipinski definition) is 1. The molecule has 2 N–H and O–H groups in total. The van der Waals surface area contributed by atoms with Gasteiger partial charge in [-0.3, -0.25) is 0 Å². The van der Waals surface area contributed by atoms with Crippen molar-refractivity contribution in [2.45, 2.75) is 38.6 Å². The Kier molecular flexibility index (Phi) is 2.12. The van der Waals surface area contributed by atoms with Crippen molar-refractivity contribution in [2.75, 3.05) is 0 Å². The summed E-state index contributed by atoms with van der Waals surface area (Å²) in [6.45, 7) is 4.44. The van der Waals surface area contributed by atoms with Gasteiger partial charge < -0.3 is 5.73 Å². The van der Waals surface area contributed by atoms with Crippen LogP contribution < -0.4 is 5.73 Å². The number of rotatable bonds is 0. The molecule has 2 rings (SSSR count). The van der Waals surface area contributed by atoms with E-state index in [1.165, 1.54) is 23.1 Å². The summed E-state index contributed by atoms with van der Waals surface area (Å²) in [5.74, 6) is 0.690. The largest absolute Gasteiger partial charge is 0.324 e. The summed E-state index contributed by atoms with van der Waals surface area (Å²) in [7, 11) is 0. The maximum absolute atomic E-state index is 6.06. The monoisotopic (exact) mass is 175 g/mol. The fourth-order valence-electron chi connectivity index (χ4n) is 2.20. The number of hydrogen-bond acceptors (Lipinski definition) is 1. The molecule has 0 heterocycles. The van der Waals surface area contributed by atoms with Crippen molar-refractivity contribution >= 4 is 0 Å². The van der Waals surface area contributed by atoms with E-state index in [-0.39, 0.29) is 6.04 Å². The third-order valence-electron chi connectivity index (χ3n) is 3.08. The van der Waals surface area contributed by atoms with Crippen LogP contribution >= 0.6 is 0 Å². The molecule has 0 saturated carbocycles. The van der Waals surface area contributed by atoms with Gasteiger partial charge in [0.15, 0.2) is 0 Å². The minimum absolute atomic E-state index is 0.270.